The van der Waals surface area contributed by atoms with Crippen molar-refractivity contribution in [1.82, 2.24) is 29.4 Å². The van der Waals surface area contributed by atoms with Crippen molar-refractivity contribution >= 4 is 17.0 Å². The summed E-state index contributed by atoms with van der Waals surface area (Å²) in [6.45, 7) is 3.39. The summed E-state index contributed by atoms with van der Waals surface area (Å²) < 4.78 is 49.6. The van der Waals surface area contributed by atoms with Crippen molar-refractivity contribution in [3.05, 3.63) is 51.6 Å². The number of piperidine rings is 1. The third-order valence-electron chi connectivity index (χ3n) is 6.74. The number of hydrogen-bond donors (Lipinski definition) is 1. The van der Waals surface area contributed by atoms with Crippen LogP contribution in [0.3, 0.4) is 0 Å². The van der Waals surface area contributed by atoms with Gasteiger partial charge in [0.2, 0.25) is 0 Å². The number of alkyl halides is 3. The second-order valence-corrected chi connectivity index (χ2v) is 9.15. The first-order valence-electron chi connectivity index (χ1n) is 11.9. The number of rotatable bonds is 7. The van der Waals surface area contributed by atoms with Gasteiger partial charge in [-0.3, -0.25) is 9.48 Å². The van der Waals surface area contributed by atoms with Crippen LogP contribution in [0.5, 0.6) is 5.75 Å². The number of carboxylic acid groups (broad SMARTS) is 1. The van der Waals surface area contributed by atoms with Crippen molar-refractivity contribution in [1.29, 1.82) is 0 Å². The van der Waals surface area contributed by atoms with Gasteiger partial charge in [0.25, 0.3) is 5.56 Å². The number of hydrogen-bond acceptors (Lipinski definition) is 6. The van der Waals surface area contributed by atoms with Crippen molar-refractivity contribution in [2.24, 2.45) is 0 Å². The highest BCUT2D eigenvalue weighted by atomic mass is 19.4. The summed E-state index contributed by atoms with van der Waals surface area (Å²) >= 11 is 0. The molecule has 3 heterocycles. The van der Waals surface area contributed by atoms with E-state index in [1.54, 1.807) is 24.3 Å². The van der Waals surface area contributed by atoms with Gasteiger partial charge in [-0.15, -0.1) is 0 Å². The van der Waals surface area contributed by atoms with Crippen LogP contribution in [0, 0.1) is 6.92 Å². The molecule has 0 bridgehead atoms. The molecule has 0 aliphatic carbocycles. The number of halogens is 3. The fourth-order valence-corrected chi connectivity index (χ4v) is 4.72. The molecule has 1 fully saturated rings. The largest absolute Gasteiger partial charge is 0.496 e. The molecule has 13 heteroatoms. The lowest BCUT2D eigenvalue weighted by molar-refractivity contribution is -0.140. The Morgan fingerprint density at radius 3 is 2.51 bits per heavy atom. The van der Waals surface area contributed by atoms with E-state index in [0.29, 0.717) is 50.3 Å². The Labute approximate surface area is 210 Å². The Hall–Kier alpha value is -3.61. The van der Waals surface area contributed by atoms with Crippen LogP contribution >= 0.6 is 0 Å². The minimum atomic E-state index is -4.75. The van der Waals surface area contributed by atoms with E-state index >= 15 is 0 Å². The second-order valence-electron chi connectivity index (χ2n) is 9.15. The zero-order valence-electron chi connectivity index (χ0n) is 20.8. The molecule has 37 heavy (non-hydrogen) atoms. The van der Waals surface area contributed by atoms with Gasteiger partial charge in [-0.1, -0.05) is 18.2 Å². The first-order chi connectivity index (χ1) is 17.5. The van der Waals surface area contributed by atoms with E-state index < -0.39 is 29.6 Å². The third kappa shape index (κ3) is 5.41. The smallest absolute Gasteiger partial charge is 0.435 e. The molecule has 1 saturated heterocycles. The highest BCUT2D eigenvalue weighted by molar-refractivity contribution is 5.84. The SMILES string of the molecule is COc1ccccc1Cn1nc(C)c2c(C(F)(F)F)nn(C3CCN(CCN(C)C(=O)O)CC3)c2c1=O. The molecule has 1 aliphatic rings. The Morgan fingerprint density at radius 1 is 1.22 bits per heavy atom. The minimum absolute atomic E-state index is 0.0295. The molecule has 0 spiro atoms. The molecule has 0 radical (unpaired) electrons. The first kappa shape index (κ1) is 26.5. The predicted octanol–water partition coefficient (Wildman–Crippen LogP) is 3.22. The van der Waals surface area contributed by atoms with E-state index in [1.165, 1.54) is 30.7 Å². The van der Waals surface area contributed by atoms with E-state index in [1.807, 2.05) is 0 Å². The zero-order chi connectivity index (χ0) is 26.9. The van der Waals surface area contributed by atoms with E-state index in [4.69, 9.17) is 9.84 Å². The average Bonchev–Trinajstić information content (AvgIpc) is 3.28. The summed E-state index contributed by atoms with van der Waals surface area (Å²) in [4.78, 5) is 27.8. The number of nitrogens with zero attached hydrogens (tertiary/aromatic N) is 6. The first-order valence-corrected chi connectivity index (χ1v) is 11.9. The summed E-state index contributed by atoms with van der Waals surface area (Å²) in [7, 11) is 2.98. The molecule has 10 nitrogen and oxygen atoms in total. The molecule has 3 aromatic rings. The molecule has 1 aliphatic heterocycles. The number of methoxy groups -OCH3 is 1. The van der Waals surface area contributed by atoms with Crippen molar-refractivity contribution in [3.8, 4) is 5.75 Å². The number of likely N-dealkylation sites (N-methyl/N-ethyl adjacent to an activating group) is 1. The van der Waals surface area contributed by atoms with Gasteiger partial charge in [0.15, 0.2) is 5.69 Å². The molecule has 200 valence electrons. The van der Waals surface area contributed by atoms with Gasteiger partial charge in [0.1, 0.15) is 11.3 Å². The van der Waals surface area contributed by atoms with Crippen LogP contribution in [0.1, 0.15) is 35.8 Å². The van der Waals surface area contributed by atoms with E-state index in [9.17, 15) is 22.8 Å². The van der Waals surface area contributed by atoms with Gasteiger partial charge < -0.3 is 19.6 Å². The fourth-order valence-electron chi connectivity index (χ4n) is 4.72. The van der Waals surface area contributed by atoms with Crippen LogP contribution in [0.25, 0.3) is 10.9 Å². The molecule has 1 aromatic carbocycles. The highest BCUT2D eigenvalue weighted by Crippen LogP contribution is 2.36. The molecular weight excluding hydrogens is 493 g/mol. The van der Waals surface area contributed by atoms with Crippen LogP contribution in [0.15, 0.2) is 29.1 Å². The van der Waals surface area contributed by atoms with Gasteiger partial charge in [-0.25, -0.2) is 9.48 Å². The molecule has 0 atom stereocenters. The number of benzene rings is 1. The Balaban J connectivity index is 1.69. The van der Waals surface area contributed by atoms with Crippen LogP contribution in [-0.2, 0) is 12.7 Å². The number of carbonyl (C=O) groups is 1. The van der Waals surface area contributed by atoms with Gasteiger partial charge in [0, 0.05) is 38.8 Å². The monoisotopic (exact) mass is 522 g/mol. The summed E-state index contributed by atoms with van der Waals surface area (Å²) in [5.74, 6) is 0.541. The Bertz CT molecular complexity index is 1340. The lowest BCUT2D eigenvalue weighted by Gasteiger charge is -2.33. The summed E-state index contributed by atoms with van der Waals surface area (Å²) in [5, 5.41) is 16.9. The van der Waals surface area contributed by atoms with E-state index in [0.717, 1.165) is 4.68 Å². The molecule has 1 N–H and O–H groups in total. The van der Waals surface area contributed by atoms with Gasteiger partial charge in [-0.2, -0.15) is 23.4 Å². The summed E-state index contributed by atoms with van der Waals surface area (Å²) in [6, 6.07) is 6.65. The third-order valence-corrected chi connectivity index (χ3v) is 6.74. The standard InChI is InChI=1S/C24H29F3N6O4/c1-15-19-20(22(34)32(28-15)14-16-6-4-5-7-18(16)37-3)33(29-21(19)24(25,26)27)17-8-10-31(11-9-17)13-12-30(2)23(35)36/h4-7,17H,8-14H2,1-3H3,(H,35,36). The summed E-state index contributed by atoms with van der Waals surface area (Å²) in [6.07, 6.45) is -4.83. The van der Waals surface area contributed by atoms with E-state index in [-0.39, 0.29) is 23.1 Å². The second kappa shape index (κ2) is 10.4. The Kier molecular flexibility index (Phi) is 7.44. The molecule has 4 rings (SSSR count). The maximum absolute atomic E-state index is 14.0. The number of fused-ring (bicyclic) bond motifs is 1. The van der Waals surface area contributed by atoms with Crippen LogP contribution < -0.4 is 10.3 Å². The van der Waals surface area contributed by atoms with Crippen molar-refractivity contribution in [3.63, 3.8) is 0 Å². The van der Waals surface area contributed by atoms with Crippen LogP contribution in [0.4, 0.5) is 18.0 Å². The number of para-hydroxylation sites is 1. The normalized spacial score (nSPS) is 15.3. The van der Waals surface area contributed by atoms with Crippen molar-refractivity contribution in [2.45, 2.75) is 38.5 Å². The lowest BCUT2D eigenvalue weighted by atomic mass is 10.0. The van der Waals surface area contributed by atoms with Gasteiger partial charge in [0.05, 0.1) is 30.8 Å². The number of aromatic nitrogens is 4. The van der Waals surface area contributed by atoms with Crippen molar-refractivity contribution < 1.29 is 27.8 Å². The molecule has 0 unspecified atom stereocenters. The summed E-state index contributed by atoms with van der Waals surface area (Å²) in [5.41, 5.74) is -1.14. The van der Waals surface area contributed by atoms with Crippen molar-refractivity contribution in [2.75, 3.05) is 40.3 Å². The molecule has 0 saturated carbocycles. The lowest BCUT2D eigenvalue weighted by Crippen LogP contribution is -2.40. The molecule has 1 amide bonds. The fraction of sp³-hybridized carbons (Fsp3) is 0.500. The topological polar surface area (TPSA) is 106 Å². The van der Waals surface area contributed by atoms with E-state index in [2.05, 4.69) is 15.1 Å². The molecular formula is C24H29F3N6O4. The zero-order valence-corrected chi connectivity index (χ0v) is 20.8. The molecule has 2 aromatic heterocycles. The van der Waals surface area contributed by atoms with Crippen LogP contribution in [-0.4, -0.2) is 80.9 Å². The predicted molar refractivity (Wildman–Crippen MR) is 129 cm³/mol. The van der Waals surface area contributed by atoms with Gasteiger partial charge >= 0.3 is 12.3 Å². The number of aryl methyl sites for hydroxylation is 1. The number of amides is 1. The van der Waals surface area contributed by atoms with Crippen LogP contribution in [0.2, 0.25) is 0 Å². The Morgan fingerprint density at radius 2 is 1.89 bits per heavy atom. The quantitative estimate of drug-likeness (QED) is 0.508. The number of ether oxygens (including phenoxy) is 1. The maximum atomic E-state index is 14.0. The van der Waals surface area contributed by atoms with Gasteiger partial charge in [-0.05, 0) is 25.8 Å². The maximum Gasteiger partial charge on any atom is 0.435 e. The average molecular weight is 523 g/mol. The minimum Gasteiger partial charge on any atom is -0.496 e. The number of likely N-dealkylation sites (tertiary alicyclic amines) is 1. The highest BCUT2D eigenvalue weighted by Gasteiger charge is 2.40.